The van der Waals surface area contributed by atoms with Gasteiger partial charge >= 0.3 is 5.69 Å². The molecule has 2 N–H and O–H groups in total. The maximum atomic E-state index is 11.8. The van der Waals surface area contributed by atoms with Crippen molar-refractivity contribution in [1.82, 2.24) is 20.1 Å². The minimum absolute atomic E-state index is 0.0319. The zero-order valence-electron chi connectivity index (χ0n) is 9.41. The maximum Gasteiger partial charge on any atom is 0.343 e. The monoisotopic (exact) mass is 222 g/mol. The molecular formula is C11H18N4O. The first-order chi connectivity index (χ1) is 7.86. The highest BCUT2D eigenvalue weighted by Crippen LogP contribution is 2.31. The van der Waals surface area contributed by atoms with Crippen molar-refractivity contribution >= 4 is 0 Å². The van der Waals surface area contributed by atoms with Crippen LogP contribution >= 0.6 is 0 Å². The van der Waals surface area contributed by atoms with E-state index >= 15 is 0 Å². The number of hydrogen-bond donors (Lipinski definition) is 2. The number of rotatable bonds is 2. The third-order valence-corrected chi connectivity index (χ3v) is 3.79. The van der Waals surface area contributed by atoms with Crippen LogP contribution in [-0.4, -0.2) is 21.3 Å². The van der Waals surface area contributed by atoms with Crippen LogP contribution < -0.4 is 11.0 Å². The molecule has 1 aromatic heterocycles. The number of nitrogens with zero attached hydrogens (tertiary/aromatic N) is 2. The fourth-order valence-electron chi connectivity index (χ4n) is 2.98. The van der Waals surface area contributed by atoms with E-state index < -0.39 is 0 Å². The van der Waals surface area contributed by atoms with Crippen LogP contribution in [0.5, 0.6) is 0 Å². The van der Waals surface area contributed by atoms with E-state index in [0.29, 0.717) is 6.04 Å². The highest BCUT2D eigenvalue weighted by molar-refractivity contribution is 5.00. The highest BCUT2D eigenvalue weighted by atomic mass is 16.1. The number of H-pyrrole nitrogens is 1. The van der Waals surface area contributed by atoms with Gasteiger partial charge < -0.3 is 5.32 Å². The van der Waals surface area contributed by atoms with E-state index in [1.165, 1.54) is 19.3 Å². The molecule has 0 aromatic carbocycles. The minimum Gasteiger partial charge on any atom is -0.307 e. The number of hydrogen-bond acceptors (Lipinski definition) is 3. The molecule has 16 heavy (non-hydrogen) atoms. The second-order valence-corrected chi connectivity index (χ2v) is 4.84. The molecule has 1 aromatic rings. The Kier molecular flexibility index (Phi) is 2.55. The van der Waals surface area contributed by atoms with Gasteiger partial charge in [0.1, 0.15) is 0 Å². The van der Waals surface area contributed by atoms with Crippen LogP contribution in [0, 0.1) is 0 Å². The van der Waals surface area contributed by atoms with Crippen LogP contribution in [0.1, 0.15) is 56.4 Å². The smallest absolute Gasteiger partial charge is 0.307 e. The Hall–Kier alpha value is -1.10. The lowest BCUT2D eigenvalue weighted by Crippen LogP contribution is -2.26. The Morgan fingerprint density at radius 3 is 2.69 bits per heavy atom. The van der Waals surface area contributed by atoms with Crippen LogP contribution in [-0.2, 0) is 0 Å². The van der Waals surface area contributed by atoms with Crippen molar-refractivity contribution in [3.63, 3.8) is 0 Å². The molecule has 1 saturated heterocycles. The van der Waals surface area contributed by atoms with E-state index in [1.807, 2.05) is 4.57 Å². The van der Waals surface area contributed by atoms with E-state index in [4.69, 9.17) is 0 Å². The molecule has 1 aliphatic carbocycles. The topological polar surface area (TPSA) is 62.7 Å². The SMILES string of the molecule is O=c1[nH]nc(C2CCCN2)n1C1CCCC1. The molecule has 88 valence electrons. The summed E-state index contributed by atoms with van der Waals surface area (Å²) < 4.78 is 1.90. The van der Waals surface area contributed by atoms with Gasteiger partial charge in [0, 0.05) is 6.04 Å². The normalized spacial score (nSPS) is 26.6. The van der Waals surface area contributed by atoms with E-state index in [0.717, 1.165) is 31.6 Å². The third kappa shape index (κ3) is 1.59. The Labute approximate surface area is 94.2 Å². The lowest BCUT2D eigenvalue weighted by atomic mass is 10.2. The first-order valence-corrected chi connectivity index (χ1v) is 6.26. The molecule has 5 nitrogen and oxygen atoms in total. The summed E-state index contributed by atoms with van der Waals surface area (Å²) in [6.07, 6.45) is 6.99. The number of nitrogens with one attached hydrogen (secondary N) is 2. The van der Waals surface area contributed by atoms with Crippen molar-refractivity contribution in [2.45, 2.75) is 50.6 Å². The molecular weight excluding hydrogens is 204 g/mol. The van der Waals surface area contributed by atoms with E-state index in [-0.39, 0.29) is 11.7 Å². The largest absolute Gasteiger partial charge is 0.343 e. The standard InChI is InChI=1S/C11H18N4O/c16-11-14-13-10(9-6-3-7-12-9)15(11)8-4-1-2-5-8/h8-9,12H,1-7H2,(H,14,16). The molecule has 2 fully saturated rings. The lowest BCUT2D eigenvalue weighted by molar-refractivity contribution is 0.453. The maximum absolute atomic E-state index is 11.8. The molecule has 5 heteroatoms. The van der Waals surface area contributed by atoms with Gasteiger partial charge in [-0.3, -0.25) is 4.57 Å². The van der Waals surface area contributed by atoms with Crippen molar-refractivity contribution in [3.05, 3.63) is 16.3 Å². The van der Waals surface area contributed by atoms with Crippen molar-refractivity contribution in [1.29, 1.82) is 0 Å². The van der Waals surface area contributed by atoms with Crippen LogP contribution in [0.4, 0.5) is 0 Å². The molecule has 2 heterocycles. The van der Waals surface area contributed by atoms with Gasteiger partial charge in [-0.1, -0.05) is 12.8 Å². The van der Waals surface area contributed by atoms with Gasteiger partial charge in [-0.2, -0.15) is 5.10 Å². The molecule has 0 radical (unpaired) electrons. The Morgan fingerprint density at radius 1 is 1.19 bits per heavy atom. The molecule has 3 rings (SSSR count). The van der Waals surface area contributed by atoms with Gasteiger partial charge in [-0.25, -0.2) is 9.89 Å². The molecule has 1 saturated carbocycles. The summed E-state index contributed by atoms with van der Waals surface area (Å²) in [4.78, 5) is 11.8. The predicted molar refractivity (Wildman–Crippen MR) is 60.3 cm³/mol. The average molecular weight is 222 g/mol. The second-order valence-electron chi connectivity index (χ2n) is 4.84. The minimum atomic E-state index is -0.0319. The first kappa shape index (κ1) is 10.1. The zero-order valence-corrected chi connectivity index (χ0v) is 9.41. The Balaban J connectivity index is 1.95. The van der Waals surface area contributed by atoms with Crippen LogP contribution in [0.3, 0.4) is 0 Å². The summed E-state index contributed by atoms with van der Waals surface area (Å²) in [7, 11) is 0. The fraction of sp³-hybridized carbons (Fsp3) is 0.818. The Morgan fingerprint density at radius 2 is 2.00 bits per heavy atom. The molecule has 0 spiro atoms. The number of aromatic amines is 1. The van der Waals surface area contributed by atoms with Gasteiger partial charge in [0.15, 0.2) is 5.82 Å². The first-order valence-electron chi connectivity index (χ1n) is 6.26. The van der Waals surface area contributed by atoms with Crippen molar-refractivity contribution < 1.29 is 0 Å². The van der Waals surface area contributed by atoms with E-state index in [9.17, 15) is 4.79 Å². The fourth-order valence-corrected chi connectivity index (χ4v) is 2.98. The molecule has 0 amide bonds. The van der Waals surface area contributed by atoms with E-state index in [1.54, 1.807) is 0 Å². The molecule has 1 unspecified atom stereocenters. The van der Waals surface area contributed by atoms with Crippen molar-refractivity contribution in [2.75, 3.05) is 6.54 Å². The van der Waals surface area contributed by atoms with E-state index in [2.05, 4.69) is 15.5 Å². The van der Waals surface area contributed by atoms with Gasteiger partial charge in [0.25, 0.3) is 0 Å². The molecule has 1 atom stereocenters. The average Bonchev–Trinajstić information content (AvgIpc) is 2.96. The third-order valence-electron chi connectivity index (χ3n) is 3.79. The summed E-state index contributed by atoms with van der Waals surface area (Å²) in [5, 5.41) is 10.2. The molecule has 1 aliphatic heterocycles. The molecule has 0 bridgehead atoms. The summed E-state index contributed by atoms with van der Waals surface area (Å²) in [6.45, 7) is 1.04. The summed E-state index contributed by atoms with van der Waals surface area (Å²) >= 11 is 0. The number of aromatic nitrogens is 3. The van der Waals surface area contributed by atoms with Crippen LogP contribution in [0.25, 0.3) is 0 Å². The Bertz CT molecular complexity index is 410. The summed E-state index contributed by atoms with van der Waals surface area (Å²) in [5.41, 5.74) is -0.0319. The van der Waals surface area contributed by atoms with Gasteiger partial charge in [-0.15, -0.1) is 0 Å². The van der Waals surface area contributed by atoms with Gasteiger partial charge in [-0.05, 0) is 32.2 Å². The van der Waals surface area contributed by atoms with Crippen LogP contribution in [0.15, 0.2) is 4.79 Å². The zero-order chi connectivity index (χ0) is 11.0. The summed E-state index contributed by atoms with van der Waals surface area (Å²) in [6, 6.07) is 0.656. The second kappa shape index (κ2) is 4.05. The quantitative estimate of drug-likeness (QED) is 0.788. The molecule has 2 aliphatic rings. The van der Waals surface area contributed by atoms with Gasteiger partial charge in [0.2, 0.25) is 0 Å². The van der Waals surface area contributed by atoms with Gasteiger partial charge in [0.05, 0.1) is 6.04 Å². The van der Waals surface area contributed by atoms with Crippen LogP contribution in [0.2, 0.25) is 0 Å². The highest BCUT2D eigenvalue weighted by Gasteiger charge is 2.27. The lowest BCUT2D eigenvalue weighted by Gasteiger charge is -2.16. The van der Waals surface area contributed by atoms with Crippen molar-refractivity contribution in [3.8, 4) is 0 Å². The predicted octanol–water partition coefficient (Wildman–Crippen LogP) is 1.11. The summed E-state index contributed by atoms with van der Waals surface area (Å²) in [5.74, 6) is 0.925. The van der Waals surface area contributed by atoms with Crippen molar-refractivity contribution in [2.24, 2.45) is 0 Å².